The zero-order chi connectivity index (χ0) is 15.8. The number of para-hydroxylation sites is 1. The first-order valence-electron chi connectivity index (χ1n) is 6.98. The Morgan fingerprint density at radius 2 is 2.09 bits per heavy atom. The van der Waals surface area contributed by atoms with Gasteiger partial charge in [-0.05, 0) is 30.5 Å². The molecule has 0 saturated heterocycles. The van der Waals surface area contributed by atoms with Crippen molar-refractivity contribution in [2.24, 2.45) is 0 Å². The summed E-state index contributed by atoms with van der Waals surface area (Å²) in [5.41, 5.74) is 1.75. The van der Waals surface area contributed by atoms with Crippen molar-refractivity contribution >= 4 is 44.6 Å². The first-order valence-corrected chi connectivity index (χ1v) is 8.68. The fourth-order valence-corrected chi connectivity index (χ4v) is 3.82. The molecule has 4 rings (SSSR count). The summed E-state index contributed by atoms with van der Waals surface area (Å²) in [4.78, 5) is 17.5. The van der Waals surface area contributed by atoms with Gasteiger partial charge >= 0.3 is 0 Å². The summed E-state index contributed by atoms with van der Waals surface area (Å²) in [7, 11) is 0. The van der Waals surface area contributed by atoms with E-state index >= 15 is 0 Å². The number of fused-ring (bicyclic) bond motifs is 1. The second-order valence-electron chi connectivity index (χ2n) is 4.98. The Morgan fingerprint density at radius 3 is 2.87 bits per heavy atom. The number of rotatable bonds is 3. The molecule has 3 heterocycles. The third kappa shape index (κ3) is 2.64. The van der Waals surface area contributed by atoms with Gasteiger partial charge in [-0.25, -0.2) is 4.98 Å². The minimum Gasteiger partial charge on any atom is -0.306 e. The minimum atomic E-state index is -0.137. The summed E-state index contributed by atoms with van der Waals surface area (Å²) in [6, 6.07) is 13.4. The molecule has 0 fully saturated rings. The largest absolute Gasteiger partial charge is 0.306 e. The number of hydrogen-bond acceptors (Lipinski definition) is 5. The van der Waals surface area contributed by atoms with Crippen LogP contribution in [0.25, 0.3) is 15.3 Å². The summed E-state index contributed by atoms with van der Waals surface area (Å²) in [5.74, 6) is 0.488. The molecule has 1 amide bonds. The van der Waals surface area contributed by atoms with Crippen LogP contribution in [0.1, 0.15) is 15.4 Å². The number of aromatic nitrogens is 3. The van der Waals surface area contributed by atoms with Gasteiger partial charge in [0, 0.05) is 6.07 Å². The van der Waals surface area contributed by atoms with E-state index in [9.17, 15) is 4.79 Å². The zero-order valence-electron chi connectivity index (χ0n) is 12.2. The first-order chi connectivity index (χ1) is 11.2. The fraction of sp³-hybridized carbons (Fsp3) is 0.0625. The molecule has 7 heteroatoms. The lowest BCUT2D eigenvalue weighted by molar-refractivity contribution is 0.103. The maximum absolute atomic E-state index is 12.3. The summed E-state index contributed by atoms with van der Waals surface area (Å²) >= 11 is 2.95. The van der Waals surface area contributed by atoms with Crippen LogP contribution in [0, 0.1) is 6.92 Å². The van der Waals surface area contributed by atoms with E-state index in [1.165, 1.54) is 11.3 Å². The monoisotopic (exact) mass is 340 g/mol. The Bertz CT molecular complexity index is 952. The molecule has 3 aromatic heterocycles. The number of hydrogen-bond donors (Lipinski definition) is 1. The van der Waals surface area contributed by atoms with E-state index in [0.717, 1.165) is 21.0 Å². The maximum Gasteiger partial charge on any atom is 0.266 e. The van der Waals surface area contributed by atoms with Gasteiger partial charge in [0.25, 0.3) is 5.91 Å². The second-order valence-corrected chi connectivity index (χ2v) is 6.94. The molecule has 0 saturated carbocycles. The zero-order valence-corrected chi connectivity index (χ0v) is 13.8. The highest BCUT2D eigenvalue weighted by Gasteiger charge is 2.15. The molecular weight excluding hydrogens is 328 g/mol. The molecule has 0 aliphatic carbocycles. The number of aryl methyl sites for hydroxylation is 1. The van der Waals surface area contributed by atoms with Crippen molar-refractivity contribution in [3.05, 3.63) is 58.4 Å². The van der Waals surface area contributed by atoms with Crippen LogP contribution in [-0.4, -0.2) is 20.7 Å². The molecule has 5 nitrogen and oxygen atoms in total. The minimum absolute atomic E-state index is 0.137. The normalized spacial score (nSPS) is 11.0. The van der Waals surface area contributed by atoms with Crippen molar-refractivity contribution in [1.29, 1.82) is 0 Å². The van der Waals surface area contributed by atoms with Gasteiger partial charge in [0.2, 0.25) is 5.13 Å². The van der Waals surface area contributed by atoms with Crippen LogP contribution < -0.4 is 5.32 Å². The molecule has 23 heavy (non-hydrogen) atoms. The van der Waals surface area contributed by atoms with Crippen LogP contribution >= 0.6 is 22.7 Å². The highest BCUT2D eigenvalue weighted by molar-refractivity contribution is 7.20. The molecule has 1 aromatic carbocycles. The van der Waals surface area contributed by atoms with Gasteiger partial charge < -0.3 is 5.32 Å². The van der Waals surface area contributed by atoms with Crippen LogP contribution in [0.2, 0.25) is 0 Å². The molecular formula is C16H12N4OS2. The summed E-state index contributed by atoms with van der Waals surface area (Å²) in [5, 5.41) is 10.00. The van der Waals surface area contributed by atoms with Gasteiger partial charge in [0.05, 0.1) is 20.8 Å². The van der Waals surface area contributed by atoms with Gasteiger partial charge in [0.15, 0.2) is 0 Å². The summed E-state index contributed by atoms with van der Waals surface area (Å²) in [6.07, 6.45) is 0. The molecule has 0 radical (unpaired) electrons. The Labute approximate surface area is 140 Å². The molecule has 0 aliphatic rings. The van der Waals surface area contributed by atoms with Crippen molar-refractivity contribution < 1.29 is 4.79 Å². The summed E-state index contributed by atoms with van der Waals surface area (Å²) < 4.78 is 2.78. The van der Waals surface area contributed by atoms with E-state index in [1.807, 2.05) is 48.7 Å². The number of thiazole rings is 1. The topological polar surface area (TPSA) is 59.8 Å². The van der Waals surface area contributed by atoms with Crippen LogP contribution in [0.4, 0.5) is 5.82 Å². The molecule has 0 aliphatic heterocycles. The molecule has 4 aromatic rings. The molecule has 0 bridgehead atoms. The molecule has 0 spiro atoms. The number of benzene rings is 1. The predicted molar refractivity (Wildman–Crippen MR) is 93.8 cm³/mol. The van der Waals surface area contributed by atoms with Crippen LogP contribution in [0.3, 0.4) is 0 Å². The number of carbonyl (C=O) groups excluding carboxylic acids is 1. The van der Waals surface area contributed by atoms with Crippen LogP contribution in [0.15, 0.2) is 47.8 Å². The number of thiophene rings is 1. The Kier molecular flexibility index (Phi) is 3.44. The number of anilines is 1. The average molecular weight is 340 g/mol. The van der Waals surface area contributed by atoms with Gasteiger partial charge in [0.1, 0.15) is 5.82 Å². The lowest BCUT2D eigenvalue weighted by Gasteiger charge is -2.04. The van der Waals surface area contributed by atoms with E-state index in [2.05, 4.69) is 15.4 Å². The Balaban J connectivity index is 1.73. The van der Waals surface area contributed by atoms with Gasteiger partial charge in [-0.3, -0.25) is 4.79 Å². The fourth-order valence-electron chi connectivity index (χ4n) is 2.27. The van der Waals surface area contributed by atoms with Crippen molar-refractivity contribution in [3.8, 4) is 5.13 Å². The quantitative estimate of drug-likeness (QED) is 0.611. The molecule has 0 unspecified atom stereocenters. The standard InChI is InChI=1S/C16H12N4OS2/c1-10-9-14(18-15(21)13-7-4-8-22-13)20(19-10)16-17-11-5-2-3-6-12(11)23-16/h2-9H,1H3,(H,18,21). The van der Waals surface area contributed by atoms with Crippen molar-refractivity contribution in [3.63, 3.8) is 0 Å². The van der Waals surface area contributed by atoms with Crippen LogP contribution in [0.5, 0.6) is 0 Å². The van der Waals surface area contributed by atoms with Crippen molar-refractivity contribution in [2.45, 2.75) is 6.92 Å². The third-order valence-corrected chi connectivity index (χ3v) is 5.16. The van der Waals surface area contributed by atoms with E-state index in [-0.39, 0.29) is 5.91 Å². The van der Waals surface area contributed by atoms with Gasteiger partial charge in [-0.15, -0.1) is 11.3 Å². The van der Waals surface area contributed by atoms with E-state index in [0.29, 0.717) is 10.7 Å². The molecule has 1 N–H and O–H groups in total. The van der Waals surface area contributed by atoms with Crippen molar-refractivity contribution in [2.75, 3.05) is 5.32 Å². The maximum atomic E-state index is 12.3. The number of carbonyl (C=O) groups is 1. The second kappa shape index (κ2) is 5.60. The Morgan fingerprint density at radius 1 is 1.22 bits per heavy atom. The number of nitrogens with zero attached hydrogens (tertiary/aromatic N) is 3. The lowest BCUT2D eigenvalue weighted by Crippen LogP contribution is -2.13. The molecule has 0 atom stereocenters. The summed E-state index contributed by atoms with van der Waals surface area (Å²) in [6.45, 7) is 1.89. The average Bonchev–Trinajstić information content (AvgIpc) is 3.25. The smallest absolute Gasteiger partial charge is 0.266 e. The van der Waals surface area contributed by atoms with Crippen molar-refractivity contribution in [1.82, 2.24) is 14.8 Å². The molecule has 114 valence electrons. The van der Waals surface area contributed by atoms with Gasteiger partial charge in [-0.1, -0.05) is 29.5 Å². The van der Waals surface area contributed by atoms with E-state index in [4.69, 9.17) is 0 Å². The number of nitrogens with one attached hydrogen (secondary N) is 1. The highest BCUT2D eigenvalue weighted by Crippen LogP contribution is 2.27. The van der Waals surface area contributed by atoms with E-state index < -0.39 is 0 Å². The lowest BCUT2D eigenvalue weighted by atomic mass is 10.3. The predicted octanol–water partition coefficient (Wildman–Crippen LogP) is 4.10. The first kappa shape index (κ1) is 14.1. The van der Waals surface area contributed by atoms with Crippen LogP contribution in [-0.2, 0) is 0 Å². The SMILES string of the molecule is Cc1cc(NC(=O)c2cccs2)n(-c2nc3ccccc3s2)n1. The number of amides is 1. The van der Waals surface area contributed by atoms with E-state index in [1.54, 1.807) is 22.1 Å². The highest BCUT2D eigenvalue weighted by atomic mass is 32.1. The Hall–Kier alpha value is -2.51. The van der Waals surface area contributed by atoms with Gasteiger partial charge in [-0.2, -0.15) is 9.78 Å². The third-order valence-electron chi connectivity index (χ3n) is 3.28.